The van der Waals surface area contributed by atoms with Crippen molar-refractivity contribution in [2.45, 2.75) is 12.8 Å². The van der Waals surface area contributed by atoms with E-state index in [9.17, 15) is 0 Å². The zero-order valence-electron chi connectivity index (χ0n) is 6.76. The van der Waals surface area contributed by atoms with Crippen LogP contribution < -0.4 is 0 Å². The van der Waals surface area contributed by atoms with Crippen molar-refractivity contribution in [2.75, 3.05) is 5.88 Å². The van der Waals surface area contributed by atoms with Gasteiger partial charge in [-0.1, -0.05) is 12.1 Å². The standard InChI is InChI=1S/C10H10ClN/c11-7-1-2-9-3-5-10(8-12)6-4-9/h3-6H,1-2,7H2. The summed E-state index contributed by atoms with van der Waals surface area (Å²) in [7, 11) is 0. The van der Waals surface area contributed by atoms with Crippen molar-refractivity contribution in [3.63, 3.8) is 0 Å². The lowest BCUT2D eigenvalue weighted by molar-refractivity contribution is 0.928. The Bertz CT molecular complexity index is 271. The van der Waals surface area contributed by atoms with Crippen LogP contribution in [0.4, 0.5) is 0 Å². The van der Waals surface area contributed by atoms with Gasteiger partial charge in [0.25, 0.3) is 0 Å². The molecule has 1 aromatic carbocycles. The highest BCUT2D eigenvalue weighted by Gasteiger charge is 1.92. The highest BCUT2D eigenvalue weighted by molar-refractivity contribution is 6.17. The summed E-state index contributed by atoms with van der Waals surface area (Å²) < 4.78 is 0. The van der Waals surface area contributed by atoms with Gasteiger partial charge in [-0.25, -0.2) is 0 Å². The van der Waals surface area contributed by atoms with E-state index in [4.69, 9.17) is 16.9 Å². The van der Waals surface area contributed by atoms with E-state index in [1.54, 1.807) is 0 Å². The predicted molar refractivity (Wildman–Crippen MR) is 50.2 cm³/mol. The van der Waals surface area contributed by atoms with E-state index in [1.807, 2.05) is 24.3 Å². The van der Waals surface area contributed by atoms with Crippen LogP contribution in [0.3, 0.4) is 0 Å². The maximum Gasteiger partial charge on any atom is 0.0991 e. The minimum absolute atomic E-state index is 0.694. The van der Waals surface area contributed by atoms with Gasteiger partial charge in [0.05, 0.1) is 11.6 Å². The summed E-state index contributed by atoms with van der Waals surface area (Å²) in [6.45, 7) is 0. The molecule has 0 aliphatic rings. The van der Waals surface area contributed by atoms with Gasteiger partial charge in [-0.3, -0.25) is 0 Å². The fourth-order valence-corrected chi connectivity index (χ4v) is 1.15. The molecule has 0 radical (unpaired) electrons. The number of hydrogen-bond acceptors (Lipinski definition) is 1. The number of hydrogen-bond donors (Lipinski definition) is 0. The SMILES string of the molecule is N#Cc1ccc(CCCCl)cc1. The fraction of sp³-hybridized carbons (Fsp3) is 0.300. The first-order chi connectivity index (χ1) is 5.86. The molecule has 0 aliphatic heterocycles. The Morgan fingerprint density at radius 3 is 2.42 bits per heavy atom. The Labute approximate surface area is 77.6 Å². The number of halogens is 1. The maximum absolute atomic E-state index is 8.53. The van der Waals surface area contributed by atoms with Gasteiger partial charge < -0.3 is 0 Å². The van der Waals surface area contributed by atoms with Gasteiger partial charge in [-0.05, 0) is 30.5 Å². The topological polar surface area (TPSA) is 23.8 Å². The predicted octanol–water partition coefficient (Wildman–Crippen LogP) is 2.73. The Balaban J connectivity index is 2.60. The summed E-state index contributed by atoms with van der Waals surface area (Å²) in [6.07, 6.45) is 1.99. The number of rotatable bonds is 3. The first-order valence-corrected chi connectivity index (χ1v) is 4.45. The van der Waals surface area contributed by atoms with Crippen molar-refractivity contribution < 1.29 is 0 Å². The quantitative estimate of drug-likeness (QED) is 0.655. The van der Waals surface area contributed by atoms with Gasteiger partial charge in [0.1, 0.15) is 0 Å². The summed E-state index contributed by atoms with van der Waals surface area (Å²) in [5, 5.41) is 8.53. The fourth-order valence-electron chi connectivity index (χ4n) is 1.02. The third-order valence-corrected chi connectivity index (χ3v) is 1.95. The lowest BCUT2D eigenvalue weighted by atomic mass is 10.1. The molecule has 2 heteroatoms. The molecule has 0 atom stereocenters. The molecule has 0 fully saturated rings. The number of aryl methyl sites for hydroxylation is 1. The number of benzene rings is 1. The number of nitriles is 1. The molecule has 0 amide bonds. The summed E-state index contributed by atoms with van der Waals surface area (Å²) >= 11 is 5.56. The van der Waals surface area contributed by atoms with Crippen LogP contribution in [0.1, 0.15) is 17.5 Å². The van der Waals surface area contributed by atoms with Crippen molar-refractivity contribution in [3.8, 4) is 6.07 Å². The summed E-state index contributed by atoms with van der Waals surface area (Å²) in [5.74, 6) is 0.694. The minimum atomic E-state index is 0.694. The van der Waals surface area contributed by atoms with Gasteiger partial charge in [-0.15, -0.1) is 11.6 Å². The molecule has 0 aromatic heterocycles. The van der Waals surface area contributed by atoms with Crippen molar-refractivity contribution in [3.05, 3.63) is 35.4 Å². The van der Waals surface area contributed by atoms with Crippen molar-refractivity contribution >= 4 is 11.6 Å². The van der Waals surface area contributed by atoms with Gasteiger partial charge in [0.2, 0.25) is 0 Å². The van der Waals surface area contributed by atoms with Crippen molar-refractivity contribution in [2.24, 2.45) is 0 Å². The molecule has 1 nitrogen and oxygen atoms in total. The average molecular weight is 180 g/mol. The molecule has 62 valence electrons. The van der Waals surface area contributed by atoms with E-state index < -0.39 is 0 Å². The molecule has 1 rings (SSSR count). The third kappa shape index (κ3) is 2.56. The molecular weight excluding hydrogens is 170 g/mol. The molecule has 0 heterocycles. The second-order valence-electron chi connectivity index (χ2n) is 2.60. The van der Waals surface area contributed by atoms with Crippen LogP contribution in [0.25, 0.3) is 0 Å². The molecule has 0 bridgehead atoms. The van der Waals surface area contributed by atoms with Gasteiger partial charge in [-0.2, -0.15) is 5.26 Å². The first-order valence-electron chi connectivity index (χ1n) is 3.92. The Kier molecular flexibility index (Phi) is 3.63. The molecule has 1 aromatic rings. The summed E-state index contributed by atoms with van der Waals surface area (Å²) in [4.78, 5) is 0. The van der Waals surface area contributed by atoms with Crippen LogP contribution in [-0.4, -0.2) is 5.88 Å². The number of alkyl halides is 1. The first kappa shape index (κ1) is 9.09. The average Bonchev–Trinajstić information content (AvgIpc) is 2.15. The Hall–Kier alpha value is -1.00. The van der Waals surface area contributed by atoms with Gasteiger partial charge in [0.15, 0.2) is 0 Å². The smallest absolute Gasteiger partial charge is 0.0991 e. The van der Waals surface area contributed by atoms with E-state index in [-0.39, 0.29) is 0 Å². The van der Waals surface area contributed by atoms with E-state index >= 15 is 0 Å². The van der Waals surface area contributed by atoms with Crippen molar-refractivity contribution in [1.29, 1.82) is 5.26 Å². The van der Waals surface area contributed by atoms with Crippen molar-refractivity contribution in [1.82, 2.24) is 0 Å². The second-order valence-corrected chi connectivity index (χ2v) is 2.98. The normalized spacial score (nSPS) is 9.33. The molecule has 0 spiro atoms. The number of nitrogens with zero attached hydrogens (tertiary/aromatic N) is 1. The monoisotopic (exact) mass is 179 g/mol. The van der Waals surface area contributed by atoms with Crippen LogP contribution in [0.5, 0.6) is 0 Å². The largest absolute Gasteiger partial charge is 0.192 e. The molecular formula is C10H10ClN. The molecule has 0 saturated carbocycles. The molecule has 12 heavy (non-hydrogen) atoms. The maximum atomic E-state index is 8.53. The van der Waals surface area contributed by atoms with E-state index in [2.05, 4.69) is 6.07 Å². The lowest BCUT2D eigenvalue weighted by Crippen LogP contribution is -1.85. The zero-order valence-corrected chi connectivity index (χ0v) is 7.51. The summed E-state index contributed by atoms with van der Waals surface area (Å²) in [5.41, 5.74) is 1.96. The van der Waals surface area contributed by atoms with Crippen LogP contribution in [0, 0.1) is 11.3 Å². The van der Waals surface area contributed by atoms with Crippen LogP contribution in [-0.2, 0) is 6.42 Å². The molecule has 0 N–H and O–H groups in total. The van der Waals surface area contributed by atoms with E-state index in [0.717, 1.165) is 12.8 Å². The summed E-state index contributed by atoms with van der Waals surface area (Å²) in [6, 6.07) is 9.71. The zero-order chi connectivity index (χ0) is 8.81. The lowest BCUT2D eigenvalue weighted by Gasteiger charge is -1.97. The highest BCUT2D eigenvalue weighted by Crippen LogP contribution is 2.06. The highest BCUT2D eigenvalue weighted by atomic mass is 35.5. The van der Waals surface area contributed by atoms with Gasteiger partial charge >= 0.3 is 0 Å². The third-order valence-electron chi connectivity index (χ3n) is 1.68. The molecule has 0 aliphatic carbocycles. The van der Waals surface area contributed by atoms with Gasteiger partial charge in [0, 0.05) is 5.88 Å². The van der Waals surface area contributed by atoms with Crippen LogP contribution >= 0.6 is 11.6 Å². The molecule has 0 saturated heterocycles. The Morgan fingerprint density at radius 1 is 1.25 bits per heavy atom. The Morgan fingerprint density at radius 2 is 1.92 bits per heavy atom. The van der Waals surface area contributed by atoms with Crippen LogP contribution in [0.15, 0.2) is 24.3 Å². The van der Waals surface area contributed by atoms with E-state index in [0.29, 0.717) is 11.4 Å². The molecule has 0 unspecified atom stereocenters. The minimum Gasteiger partial charge on any atom is -0.192 e. The second kappa shape index (κ2) is 4.79. The van der Waals surface area contributed by atoms with Crippen LogP contribution in [0.2, 0.25) is 0 Å². The van der Waals surface area contributed by atoms with E-state index in [1.165, 1.54) is 5.56 Å².